The number of hydrogen-bond acceptors (Lipinski definition) is 6. The minimum absolute atomic E-state index is 0.0133. The number of benzene rings is 3. The van der Waals surface area contributed by atoms with E-state index >= 15 is 0 Å². The zero-order valence-corrected chi connectivity index (χ0v) is 25.5. The Labute approximate surface area is 248 Å². The van der Waals surface area contributed by atoms with Crippen LogP contribution in [0.5, 0.6) is 0 Å². The molecule has 3 aromatic carbocycles. The standard InChI is InChI=1S/C32H40N4O5S/c1-23-5-15-28(16-6-23)42(39,40)35-29(17-18-30(37)33-25-9-7-24(8-10-25)32(2,3)4)31(38)34-26-11-13-27(14-12-26)36-19-21-41-22-20-36/h5-16,29,35H,17-22H2,1-4H3,(H,33,37)(H,34,38). The van der Waals surface area contributed by atoms with Gasteiger partial charge in [-0.25, -0.2) is 8.42 Å². The first-order valence-electron chi connectivity index (χ1n) is 14.1. The maximum Gasteiger partial charge on any atom is 0.242 e. The molecule has 1 aliphatic rings. The van der Waals surface area contributed by atoms with E-state index in [0.717, 1.165) is 29.9 Å². The number of carbonyl (C=O) groups is 2. The Kier molecular flexibility index (Phi) is 10.0. The van der Waals surface area contributed by atoms with E-state index in [2.05, 4.69) is 41.0 Å². The number of nitrogens with zero attached hydrogens (tertiary/aromatic N) is 1. The van der Waals surface area contributed by atoms with Crippen molar-refractivity contribution in [3.05, 3.63) is 83.9 Å². The molecule has 0 bridgehead atoms. The van der Waals surface area contributed by atoms with Crippen molar-refractivity contribution in [1.82, 2.24) is 4.72 Å². The quantitative estimate of drug-likeness (QED) is 0.311. The van der Waals surface area contributed by atoms with E-state index in [1.54, 1.807) is 24.3 Å². The van der Waals surface area contributed by atoms with Crippen molar-refractivity contribution in [1.29, 1.82) is 0 Å². The second-order valence-corrected chi connectivity index (χ2v) is 13.3. The lowest BCUT2D eigenvalue weighted by Gasteiger charge is -2.29. The molecule has 1 unspecified atom stereocenters. The molecule has 9 nitrogen and oxygen atoms in total. The molecule has 0 aromatic heterocycles. The summed E-state index contributed by atoms with van der Waals surface area (Å²) in [5.41, 5.74) is 4.21. The molecular weight excluding hydrogens is 552 g/mol. The van der Waals surface area contributed by atoms with Gasteiger partial charge in [0.1, 0.15) is 6.04 Å². The molecule has 0 spiro atoms. The first-order valence-corrected chi connectivity index (χ1v) is 15.6. The van der Waals surface area contributed by atoms with Crippen LogP contribution in [0.1, 0.15) is 44.7 Å². The van der Waals surface area contributed by atoms with Gasteiger partial charge in [-0.3, -0.25) is 9.59 Å². The minimum Gasteiger partial charge on any atom is -0.378 e. The number of anilines is 3. The van der Waals surface area contributed by atoms with Gasteiger partial charge in [-0.05, 0) is 72.9 Å². The number of amides is 2. The van der Waals surface area contributed by atoms with Gasteiger partial charge >= 0.3 is 0 Å². The van der Waals surface area contributed by atoms with Gasteiger partial charge in [-0.15, -0.1) is 0 Å². The maximum atomic E-state index is 13.4. The number of ether oxygens (including phenoxy) is 1. The molecule has 1 aliphatic heterocycles. The fourth-order valence-corrected chi connectivity index (χ4v) is 5.81. The maximum absolute atomic E-state index is 13.4. The van der Waals surface area contributed by atoms with Crippen molar-refractivity contribution in [3.63, 3.8) is 0 Å². The summed E-state index contributed by atoms with van der Waals surface area (Å²) >= 11 is 0. The normalized spacial score (nSPS) is 14.7. The van der Waals surface area contributed by atoms with E-state index in [1.807, 2.05) is 43.3 Å². The fourth-order valence-electron chi connectivity index (χ4n) is 4.58. The number of sulfonamides is 1. The van der Waals surface area contributed by atoms with Gasteiger partial charge in [0, 0.05) is 36.6 Å². The van der Waals surface area contributed by atoms with E-state index in [-0.39, 0.29) is 29.1 Å². The lowest BCUT2D eigenvalue weighted by atomic mass is 9.87. The van der Waals surface area contributed by atoms with Gasteiger partial charge in [0.15, 0.2) is 0 Å². The van der Waals surface area contributed by atoms with Gasteiger partial charge < -0.3 is 20.3 Å². The molecule has 4 rings (SSSR count). The van der Waals surface area contributed by atoms with Gasteiger partial charge in [0.25, 0.3) is 0 Å². The third kappa shape index (κ3) is 8.64. The predicted molar refractivity (Wildman–Crippen MR) is 166 cm³/mol. The number of nitrogens with one attached hydrogen (secondary N) is 3. The molecular formula is C32H40N4O5S. The van der Waals surface area contributed by atoms with Gasteiger partial charge in [0.05, 0.1) is 18.1 Å². The van der Waals surface area contributed by atoms with Crippen LogP contribution in [0.4, 0.5) is 17.1 Å². The van der Waals surface area contributed by atoms with E-state index in [4.69, 9.17) is 4.74 Å². The zero-order chi connectivity index (χ0) is 30.3. The number of rotatable bonds is 10. The van der Waals surface area contributed by atoms with E-state index in [1.165, 1.54) is 12.1 Å². The zero-order valence-electron chi connectivity index (χ0n) is 24.6. The lowest BCUT2D eigenvalue weighted by Crippen LogP contribution is -2.44. The second-order valence-electron chi connectivity index (χ2n) is 11.5. The topological polar surface area (TPSA) is 117 Å². The molecule has 0 saturated carbocycles. The summed E-state index contributed by atoms with van der Waals surface area (Å²) in [6.45, 7) is 11.1. The first-order chi connectivity index (χ1) is 19.9. The molecule has 42 heavy (non-hydrogen) atoms. The lowest BCUT2D eigenvalue weighted by molar-refractivity contribution is -0.118. The highest BCUT2D eigenvalue weighted by Gasteiger charge is 2.27. The molecule has 3 N–H and O–H groups in total. The molecule has 2 amide bonds. The molecule has 1 heterocycles. The van der Waals surface area contributed by atoms with Crippen LogP contribution in [0.25, 0.3) is 0 Å². The van der Waals surface area contributed by atoms with Crippen molar-refractivity contribution in [2.45, 2.75) is 56.9 Å². The van der Waals surface area contributed by atoms with E-state index in [9.17, 15) is 18.0 Å². The van der Waals surface area contributed by atoms with Crippen LogP contribution in [0, 0.1) is 6.92 Å². The number of hydrogen-bond donors (Lipinski definition) is 3. The Balaban J connectivity index is 1.45. The average Bonchev–Trinajstić information content (AvgIpc) is 2.96. The van der Waals surface area contributed by atoms with Crippen LogP contribution >= 0.6 is 0 Å². The predicted octanol–water partition coefficient (Wildman–Crippen LogP) is 4.83. The van der Waals surface area contributed by atoms with Crippen LogP contribution in [0.2, 0.25) is 0 Å². The Morgan fingerprint density at radius 1 is 0.857 bits per heavy atom. The van der Waals surface area contributed by atoms with Crippen molar-refractivity contribution in [2.24, 2.45) is 0 Å². The molecule has 3 aromatic rings. The highest BCUT2D eigenvalue weighted by Crippen LogP contribution is 2.24. The molecule has 1 fully saturated rings. The molecule has 1 saturated heterocycles. The smallest absolute Gasteiger partial charge is 0.242 e. The Morgan fingerprint density at radius 3 is 2.02 bits per heavy atom. The molecule has 0 radical (unpaired) electrons. The molecule has 10 heteroatoms. The summed E-state index contributed by atoms with van der Waals surface area (Å²) in [4.78, 5) is 28.4. The van der Waals surface area contributed by atoms with Gasteiger partial charge in [-0.1, -0.05) is 50.6 Å². The third-order valence-corrected chi connectivity index (χ3v) is 8.64. The summed E-state index contributed by atoms with van der Waals surface area (Å²) < 4.78 is 34.3. The fraction of sp³-hybridized carbons (Fsp3) is 0.375. The molecule has 0 aliphatic carbocycles. The molecule has 1 atom stereocenters. The summed E-state index contributed by atoms with van der Waals surface area (Å²) in [5, 5.41) is 5.65. The van der Waals surface area contributed by atoms with Crippen molar-refractivity contribution in [2.75, 3.05) is 41.8 Å². The summed E-state index contributed by atoms with van der Waals surface area (Å²) in [6, 6.07) is 20.2. The van der Waals surface area contributed by atoms with Crippen LogP contribution in [-0.2, 0) is 29.8 Å². The van der Waals surface area contributed by atoms with Crippen LogP contribution < -0.4 is 20.3 Å². The van der Waals surface area contributed by atoms with Crippen LogP contribution in [-0.4, -0.2) is 52.6 Å². The Hall–Kier alpha value is -3.73. The molecule has 224 valence electrons. The van der Waals surface area contributed by atoms with Crippen molar-refractivity contribution >= 4 is 38.9 Å². The monoisotopic (exact) mass is 592 g/mol. The summed E-state index contributed by atoms with van der Waals surface area (Å²) in [5.74, 6) is -0.868. The van der Waals surface area contributed by atoms with Crippen molar-refractivity contribution < 1.29 is 22.7 Å². The highest BCUT2D eigenvalue weighted by molar-refractivity contribution is 7.89. The van der Waals surface area contributed by atoms with Crippen LogP contribution in [0.15, 0.2) is 77.7 Å². The van der Waals surface area contributed by atoms with E-state index < -0.39 is 22.0 Å². The second kappa shape index (κ2) is 13.5. The highest BCUT2D eigenvalue weighted by atomic mass is 32.2. The van der Waals surface area contributed by atoms with Gasteiger partial charge in [-0.2, -0.15) is 4.72 Å². The summed E-state index contributed by atoms with van der Waals surface area (Å²) in [6.07, 6.45) is -0.0970. The van der Waals surface area contributed by atoms with Crippen molar-refractivity contribution in [3.8, 4) is 0 Å². The number of morpholine rings is 1. The third-order valence-electron chi connectivity index (χ3n) is 7.15. The minimum atomic E-state index is -4.02. The van der Waals surface area contributed by atoms with E-state index in [0.29, 0.717) is 24.6 Å². The Bertz CT molecular complexity index is 1460. The number of carbonyl (C=O) groups excluding carboxylic acids is 2. The number of aryl methyl sites for hydroxylation is 1. The first kappa shape index (κ1) is 31.2. The van der Waals surface area contributed by atoms with Gasteiger partial charge in [0.2, 0.25) is 21.8 Å². The largest absolute Gasteiger partial charge is 0.378 e. The SMILES string of the molecule is Cc1ccc(S(=O)(=O)NC(CCC(=O)Nc2ccc(C(C)(C)C)cc2)C(=O)Nc2ccc(N3CCOCC3)cc2)cc1. The summed E-state index contributed by atoms with van der Waals surface area (Å²) in [7, 11) is -4.02. The van der Waals surface area contributed by atoms with Crippen LogP contribution in [0.3, 0.4) is 0 Å². The Morgan fingerprint density at radius 2 is 1.43 bits per heavy atom. The average molecular weight is 593 g/mol.